The van der Waals surface area contributed by atoms with E-state index in [0.29, 0.717) is 19.6 Å². The Labute approximate surface area is 270 Å². The van der Waals surface area contributed by atoms with Crippen molar-refractivity contribution in [2.75, 3.05) is 13.2 Å². The maximum absolute atomic E-state index is 10.7. The fraction of sp³-hybridized carbons (Fsp3) is 0.447. The Hall–Kier alpha value is -3.33. The number of hydrogen-bond acceptors (Lipinski definition) is 6. The summed E-state index contributed by atoms with van der Waals surface area (Å²) in [6, 6.07) is 0. The maximum atomic E-state index is 10.7. The van der Waals surface area contributed by atoms with Gasteiger partial charge in [-0.2, -0.15) is 0 Å². The quantitative estimate of drug-likeness (QED) is 0.0503. The topological polar surface area (TPSA) is 116 Å². The van der Waals surface area contributed by atoms with Crippen LogP contribution in [-0.4, -0.2) is 63.7 Å². The Balaban J connectivity index is 2.30. The molecular formula is C38H54O7. The van der Waals surface area contributed by atoms with Crippen molar-refractivity contribution >= 4 is 5.97 Å². The van der Waals surface area contributed by atoms with Gasteiger partial charge in [0.25, 0.3) is 0 Å². The van der Waals surface area contributed by atoms with Crippen LogP contribution in [0.25, 0.3) is 0 Å². The minimum atomic E-state index is -0.927. The Kier molecular flexibility index (Phi) is 20.4. The van der Waals surface area contributed by atoms with Crippen LogP contribution < -0.4 is 0 Å². The van der Waals surface area contributed by atoms with Gasteiger partial charge in [0.2, 0.25) is 0 Å². The number of aliphatic carboxylic acids is 1. The summed E-state index contributed by atoms with van der Waals surface area (Å²) in [5.74, 6) is -2.20. The van der Waals surface area contributed by atoms with E-state index in [4.69, 9.17) is 14.6 Å². The van der Waals surface area contributed by atoms with Crippen molar-refractivity contribution in [2.45, 2.75) is 78.0 Å². The highest BCUT2D eigenvalue weighted by Gasteiger charge is 2.40. The minimum absolute atomic E-state index is 0.100. The van der Waals surface area contributed by atoms with Crippen molar-refractivity contribution in [3.8, 4) is 0 Å². The van der Waals surface area contributed by atoms with Crippen molar-refractivity contribution in [3.05, 3.63) is 121 Å². The average molecular weight is 623 g/mol. The van der Waals surface area contributed by atoms with Crippen LogP contribution in [0, 0.1) is 17.8 Å². The minimum Gasteiger partial charge on any atom is -0.478 e. The Morgan fingerprint density at radius 1 is 0.733 bits per heavy atom. The number of ether oxygens (including phenoxy) is 2. The Morgan fingerprint density at radius 3 is 1.84 bits per heavy atom. The lowest BCUT2D eigenvalue weighted by atomic mass is 9.88. The van der Waals surface area contributed by atoms with Crippen LogP contribution >= 0.6 is 0 Å². The summed E-state index contributed by atoms with van der Waals surface area (Å²) >= 11 is 0. The summed E-state index contributed by atoms with van der Waals surface area (Å²) in [4.78, 5) is 10.7. The molecule has 1 heterocycles. The molecule has 0 aromatic carbocycles. The Morgan fingerprint density at radius 2 is 1.24 bits per heavy atom. The molecule has 1 rings (SSSR count). The number of unbranched alkanes of at least 4 members (excludes halogenated alkanes) is 1. The number of carbonyl (C=O) groups is 1. The summed E-state index contributed by atoms with van der Waals surface area (Å²) in [6.45, 7) is 10.2. The summed E-state index contributed by atoms with van der Waals surface area (Å²) in [5, 5.41) is 40.3. The number of aliphatic hydroxyl groups excluding tert-OH is 3. The number of aliphatic hydroxyl groups is 3. The van der Waals surface area contributed by atoms with Crippen LogP contribution in [-0.2, 0) is 14.3 Å². The van der Waals surface area contributed by atoms with Gasteiger partial charge < -0.3 is 29.9 Å². The molecule has 0 amide bonds. The normalized spacial score (nSPS) is 20.8. The Bertz CT molecular complexity index is 1140. The molecule has 6 atom stereocenters. The molecule has 0 aromatic heterocycles. The van der Waals surface area contributed by atoms with Gasteiger partial charge in [0, 0.05) is 23.3 Å². The fourth-order valence-corrected chi connectivity index (χ4v) is 4.32. The van der Waals surface area contributed by atoms with E-state index in [1.54, 1.807) is 37.3 Å². The molecule has 1 saturated heterocycles. The van der Waals surface area contributed by atoms with E-state index in [0.717, 1.165) is 12.8 Å². The van der Waals surface area contributed by atoms with E-state index < -0.39 is 30.1 Å². The molecule has 7 heteroatoms. The molecule has 0 saturated carbocycles. The standard InChI is InChI=1S/C38H54O7/c1-30(24-20-16-12-11-13-17-21-25-31(2)37(42)43)36(41)32(3)34(39)26-22-18-14-9-7-6-8-10-15-19-23-27-35(40)33(4)38(5)44-28-29-45-38/h6-11,13-15,17-26,30,32-36,39-41H,12,16,27-29H2,1-5H3,(H,42,43). The second kappa shape index (κ2) is 23.1. The van der Waals surface area contributed by atoms with Crippen molar-refractivity contribution < 1.29 is 34.7 Å². The van der Waals surface area contributed by atoms with Gasteiger partial charge in [-0.3, -0.25) is 0 Å². The average Bonchev–Trinajstić information content (AvgIpc) is 3.47. The lowest BCUT2D eigenvalue weighted by Gasteiger charge is -2.32. The van der Waals surface area contributed by atoms with Crippen LogP contribution in [0.3, 0.4) is 0 Å². The number of carboxylic acids is 1. The maximum Gasteiger partial charge on any atom is 0.331 e. The van der Waals surface area contributed by atoms with Gasteiger partial charge in [0.15, 0.2) is 5.79 Å². The molecule has 248 valence electrons. The molecule has 1 aliphatic heterocycles. The summed E-state index contributed by atoms with van der Waals surface area (Å²) in [5.41, 5.74) is 0.286. The predicted molar refractivity (Wildman–Crippen MR) is 183 cm³/mol. The summed E-state index contributed by atoms with van der Waals surface area (Å²) < 4.78 is 11.3. The van der Waals surface area contributed by atoms with E-state index in [9.17, 15) is 20.1 Å². The van der Waals surface area contributed by atoms with Gasteiger partial charge in [-0.15, -0.1) is 0 Å². The first-order valence-electron chi connectivity index (χ1n) is 15.7. The van der Waals surface area contributed by atoms with Crippen LogP contribution in [0.4, 0.5) is 0 Å². The lowest BCUT2D eigenvalue weighted by molar-refractivity contribution is -0.198. The van der Waals surface area contributed by atoms with Gasteiger partial charge in [0.05, 0.1) is 31.5 Å². The van der Waals surface area contributed by atoms with E-state index in [2.05, 4.69) is 0 Å². The van der Waals surface area contributed by atoms with Crippen molar-refractivity contribution in [3.63, 3.8) is 0 Å². The number of rotatable bonds is 20. The van der Waals surface area contributed by atoms with E-state index in [-0.39, 0.29) is 23.3 Å². The molecule has 1 aliphatic rings. The second-order valence-electron chi connectivity index (χ2n) is 11.3. The highest BCUT2D eigenvalue weighted by atomic mass is 16.7. The molecular weight excluding hydrogens is 568 g/mol. The molecule has 7 nitrogen and oxygen atoms in total. The van der Waals surface area contributed by atoms with Gasteiger partial charge in [-0.1, -0.05) is 136 Å². The van der Waals surface area contributed by atoms with E-state index in [1.165, 1.54) is 0 Å². The zero-order valence-electron chi connectivity index (χ0n) is 27.5. The van der Waals surface area contributed by atoms with Gasteiger partial charge in [0.1, 0.15) is 0 Å². The van der Waals surface area contributed by atoms with Crippen LogP contribution in [0.15, 0.2) is 121 Å². The molecule has 0 aromatic rings. The summed E-state index contributed by atoms with van der Waals surface area (Å²) in [7, 11) is 0. The molecule has 0 spiro atoms. The molecule has 6 unspecified atom stereocenters. The third-order valence-corrected chi connectivity index (χ3v) is 7.68. The van der Waals surface area contributed by atoms with Gasteiger partial charge >= 0.3 is 5.97 Å². The first-order valence-corrected chi connectivity index (χ1v) is 15.7. The first-order chi connectivity index (χ1) is 21.5. The molecule has 45 heavy (non-hydrogen) atoms. The highest BCUT2D eigenvalue weighted by Crippen LogP contribution is 2.31. The summed E-state index contributed by atoms with van der Waals surface area (Å²) in [6.07, 6.45) is 35.5. The smallest absolute Gasteiger partial charge is 0.331 e. The SMILES string of the molecule is CC(=CC=CC=CCCC=CC(C)C(O)C(C)C(O)C=CC=CC=CC=CC=CC=CCC(O)C(C)C1(C)OCCO1)C(=O)O. The van der Waals surface area contributed by atoms with Crippen LogP contribution in [0.1, 0.15) is 53.9 Å². The zero-order valence-corrected chi connectivity index (χ0v) is 27.5. The highest BCUT2D eigenvalue weighted by molar-refractivity contribution is 5.86. The lowest BCUT2D eigenvalue weighted by Crippen LogP contribution is -2.40. The van der Waals surface area contributed by atoms with E-state index >= 15 is 0 Å². The fourth-order valence-electron chi connectivity index (χ4n) is 4.32. The number of hydrogen-bond donors (Lipinski definition) is 4. The first kappa shape index (κ1) is 39.7. The van der Waals surface area contributed by atoms with Crippen LogP contribution in [0.2, 0.25) is 0 Å². The molecule has 4 N–H and O–H groups in total. The largest absolute Gasteiger partial charge is 0.478 e. The third-order valence-electron chi connectivity index (χ3n) is 7.68. The van der Waals surface area contributed by atoms with Crippen molar-refractivity contribution in [1.29, 1.82) is 0 Å². The van der Waals surface area contributed by atoms with Gasteiger partial charge in [-0.25, -0.2) is 4.79 Å². The number of carboxylic acid groups (broad SMARTS) is 1. The van der Waals surface area contributed by atoms with Gasteiger partial charge in [-0.05, 0) is 33.1 Å². The van der Waals surface area contributed by atoms with Crippen molar-refractivity contribution in [1.82, 2.24) is 0 Å². The number of allylic oxidation sites excluding steroid dienone is 16. The second-order valence-corrected chi connectivity index (χ2v) is 11.3. The third kappa shape index (κ3) is 17.1. The van der Waals surface area contributed by atoms with Crippen molar-refractivity contribution in [2.24, 2.45) is 17.8 Å². The predicted octanol–water partition coefficient (Wildman–Crippen LogP) is 6.95. The zero-order chi connectivity index (χ0) is 33.5. The van der Waals surface area contributed by atoms with Crippen LogP contribution in [0.5, 0.6) is 0 Å². The molecule has 1 fully saturated rings. The molecule has 0 bridgehead atoms. The molecule has 0 aliphatic carbocycles. The molecule has 0 radical (unpaired) electrons. The van der Waals surface area contributed by atoms with E-state index in [1.807, 2.05) is 113 Å². The monoisotopic (exact) mass is 622 g/mol.